The molecule has 0 radical (unpaired) electrons. The summed E-state index contributed by atoms with van der Waals surface area (Å²) in [5.41, 5.74) is 6.09. The molecule has 8 heteroatoms. The lowest BCUT2D eigenvalue weighted by Crippen LogP contribution is -2.43. The molecule has 122 valence electrons. The van der Waals surface area contributed by atoms with Gasteiger partial charge in [0.2, 0.25) is 15.9 Å². The molecule has 3 rings (SSSR count). The highest BCUT2D eigenvalue weighted by atomic mass is 32.2. The van der Waals surface area contributed by atoms with E-state index in [0.29, 0.717) is 19.4 Å². The molecular formula is C15H18N4O3S. The molecule has 1 saturated heterocycles. The van der Waals surface area contributed by atoms with Crippen LogP contribution in [-0.2, 0) is 14.8 Å². The van der Waals surface area contributed by atoms with E-state index in [1.165, 1.54) is 21.4 Å². The summed E-state index contributed by atoms with van der Waals surface area (Å²) in [5.74, 6) is -0.882. The van der Waals surface area contributed by atoms with Crippen LogP contribution < -0.4 is 5.73 Å². The number of piperidine rings is 1. The number of carbonyl (C=O) groups is 1. The Morgan fingerprint density at radius 1 is 1.26 bits per heavy atom. The van der Waals surface area contributed by atoms with Gasteiger partial charge in [-0.1, -0.05) is 18.2 Å². The first-order chi connectivity index (χ1) is 11.0. The minimum Gasteiger partial charge on any atom is -0.369 e. The maximum Gasteiger partial charge on any atom is 0.246 e. The van der Waals surface area contributed by atoms with Gasteiger partial charge in [0.1, 0.15) is 4.90 Å². The Hall–Kier alpha value is -2.19. The highest BCUT2D eigenvalue weighted by Crippen LogP contribution is 2.23. The third-order valence-corrected chi connectivity index (χ3v) is 5.82. The van der Waals surface area contributed by atoms with Gasteiger partial charge < -0.3 is 5.73 Å². The molecule has 1 fully saturated rings. The first kappa shape index (κ1) is 15.7. The maximum atomic E-state index is 12.7. The number of nitrogens with zero attached hydrogens (tertiary/aromatic N) is 3. The molecule has 0 aliphatic carbocycles. The summed E-state index contributed by atoms with van der Waals surface area (Å²) in [6.45, 7) is 0.525. The van der Waals surface area contributed by atoms with Crippen molar-refractivity contribution in [2.45, 2.75) is 17.7 Å². The molecule has 7 nitrogen and oxygen atoms in total. The lowest BCUT2D eigenvalue weighted by molar-refractivity contribution is -0.122. The van der Waals surface area contributed by atoms with Crippen LogP contribution >= 0.6 is 0 Å². The van der Waals surface area contributed by atoms with Crippen molar-refractivity contribution in [3.8, 4) is 5.69 Å². The number of hydrogen-bond acceptors (Lipinski definition) is 4. The van der Waals surface area contributed by atoms with Crippen molar-refractivity contribution < 1.29 is 13.2 Å². The topological polar surface area (TPSA) is 98.3 Å². The van der Waals surface area contributed by atoms with Gasteiger partial charge in [0, 0.05) is 13.1 Å². The Morgan fingerprint density at radius 2 is 2.00 bits per heavy atom. The molecule has 2 heterocycles. The molecule has 1 atom stereocenters. The van der Waals surface area contributed by atoms with Crippen LogP contribution in [0.4, 0.5) is 0 Å². The largest absolute Gasteiger partial charge is 0.369 e. The van der Waals surface area contributed by atoms with Crippen LogP contribution in [0.1, 0.15) is 12.8 Å². The van der Waals surface area contributed by atoms with Gasteiger partial charge in [-0.05, 0) is 25.0 Å². The molecule has 0 saturated carbocycles. The number of rotatable bonds is 4. The van der Waals surface area contributed by atoms with E-state index < -0.39 is 21.8 Å². The van der Waals surface area contributed by atoms with Crippen LogP contribution in [0.2, 0.25) is 0 Å². The van der Waals surface area contributed by atoms with Crippen LogP contribution in [0, 0.1) is 5.92 Å². The third kappa shape index (κ3) is 3.13. The van der Waals surface area contributed by atoms with Crippen LogP contribution in [0.5, 0.6) is 0 Å². The second kappa shape index (κ2) is 6.13. The van der Waals surface area contributed by atoms with E-state index >= 15 is 0 Å². The number of sulfonamides is 1. The Labute approximate surface area is 134 Å². The van der Waals surface area contributed by atoms with Crippen molar-refractivity contribution >= 4 is 15.9 Å². The third-order valence-electron chi connectivity index (χ3n) is 4.00. The minimum absolute atomic E-state index is 0.117. The van der Waals surface area contributed by atoms with Crippen LogP contribution in [0.3, 0.4) is 0 Å². The van der Waals surface area contributed by atoms with Crippen LogP contribution in [0.15, 0.2) is 47.6 Å². The zero-order chi connectivity index (χ0) is 16.4. The standard InChI is InChI=1S/C15H18N4O3S/c16-15(20)12-5-4-8-18(10-12)23(21,22)14-9-17-19(11-14)13-6-2-1-3-7-13/h1-3,6-7,9,11-12H,4-5,8,10H2,(H2,16,20)/t12-/m0/s1. The molecule has 1 aromatic heterocycles. The Kier molecular flexibility index (Phi) is 4.18. The van der Waals surface area contributed by atoms with E-state index in [9.17, 15) is 13.2 Å². The Bertz CT molecular complexity index is 801. The average Bonchev–Trinajstić information content (AvgIpc) is 3.06. The predicted molar refractivity (Wildman–Crippen MR) is 84.2 cm³/mol. The van der Waals surface area contributed by atoms with Crippen molar-refractivity contribution in [2.24, 2.45) is 11.7 Å². The zero-order valence-electron chi connectivity index (χ0n) is 12.5. The second-order valence-corrected chi connectivity index (χ2v) is 7.50. The predicted octanol–water partition coefficient (Wildman–Crippen LogP) is 0.758. The van der Waals surface area contributed by atoms with Crippen molar-refractivity contribution in [2.75, 3.05) is 13.1 Å². The highest BCUT2D eigenvalue weighted by molar-refractivity contribution is 7.89. The van der Waals surface area contributed by atoms with E-state index in [0.717, 1.165) is 5.69 Å². The quantitative estimate of drug-likeness (QED) is 0.892. The summed E-state index contributed by atoms with van der Waals surface area (Å²) in [6.07, 6.45) is 4.07. The fourth-order valence-corrected chi connectivity index (χ4v) is 4.16. The number of aromatic nitrogens is 2. The highest BCUT2D eigenvalue weighted by Gasteiger charge is 2.33. The summed E-state index contributed by atoms with van der Waals surface area (Å²) >= 11 is 0. The van der Waals surface area contributed by atoms with Crippen molar-refractivity contribution in [3.63, 3.8) is 0 Å². The first-order valence-electron chi connectivity index (χ1n) is 7.38. The molecule has 0 spiro atoms. The number of amides is 1. The fourth-order valence-electron chi connectivity index (χ4n) is 2.70. The van der Waals surface area contributed by atoms with Gasteiger partial charge in [0.05, 0.1) is 24.0 Å². The van der Waals surface area contributed by atoms with E-state index in [-0.39, 0.29) is 11.4 Å². The normalized spacial score (nSPS) is 19.6. The van der Waals surface area contributed by atoms with Gasteiger partial charge in [-0.25, -0.2) is 13.1 Å². The molecule has 1 aliphatic rings. The first-order valence-corrected chi connectivity index (χ1v) is 8.82. The lowest BCUT2D eigenvalue weighted by Gasteiger charge is -2.29. The molecule has 1 aliphatic heterocycles. The second-order valence-electron chi connectivity index (χ2n) is 5.56. The Morgan fingerprint density at radius 3 is 2.70 bits per heavy atom. The number of benzene rings is 1. The number of para-hydroxylation sites is 1. The lowest BCUT2D eigenvalue weighted by atomic mass is 9.99. The SMILES string of the molecule is NC(=O)[C@H]1CCCN(S(=O)(=O)c2cnn(-c3ccccc3)c2)C1. The number of hydrogen-bond donors (Lipinski definition) is 1. The van der Waals surface area contributed by atoms with Gasteiger partial charge in [0.15, 0.2) is 0 Å². The van der Waals surface area contributed by atoms with E-state index in [1.807, 2.05) is 30.3 Å². The summed E-state index contributed by atoms with van der Waals surface area (Å²) in [5, 5.41) is 4.12. The van der Waals surface area contributed by atoms with Crippen molar-refractivity contribution in [3.05, 3.63) is 42.7 Å². The summed E-state index contributed by atoms with van der Waals surface area (Å²) in [7, 11) is -3.67. The van der Waals surface area contributed by atoms with Gasteiger partial charge >= 0.3 is 0 Å². The maximum absolute atomic E-state index is 12.7. The van der Waals surface area contributed by atoms with Crippen LogP contribution in [-0.4, -0.2) is 41.5 Å². The van der Waals surface area contributed by atoms with E-state index in [2.05, 4.69) is 5.10 Å². The van der Waals surface area contributed by atoms with Gasteiger partial charge in [0.25, 0.3) is 0 Å². The smallest absolute Gasteiger partial charge is 0.246 e. The molecule has 0 unspecified atom stereocenters. The number of primary amides is 1. The number of carbonyl (C=O) groups excluding carboxylic acids is 1. The number of nitrogens with two attached hydrogens (primary N) is 1. The molecule has 2 N–H and O–H groups in total. The van der Waals surface area contributed by atoms with Crippen LogP contribution in [0.25, 0.3) is 5.69 Å². The Balaban J connectivity index is 1.86. The van der Waals surface area contributed by atoms with E-state index in [4.69, 9.17) is 5.73 Å². The van der Waals surface area contributed by atoms with Gasteiger partial charge in [-0.15, -0.1) is 0 Å². The molecule has 1 amide bonds. The fraction of sp³-hybridized carbons (Fsp3) is 0.333. The van der Waals surface area contributed by atoms with Crippen molar-refractivity contribution in [1.82, 2.24) is 14.1 Å². The molecule has 2 aromatic rings. The van der Waals surface area contributed by atoms with E-state index in [1.54, 1.807) is 0 Å². The molecular weight excluding hydrogens is 316 g/mol. The van der Waals surface area contributed by atoms with Crippen molar-refractivity contribution in [1.29, 1.82) is 0 Å². The molecule has 0 bridgehead atoms. The molecule has 1 aromatic carbocycles. The summed E-state index contributed by atoms with van der Waals surface area (Å²) < 4.78 is 28.3. The molecule has 23 heavy (non-hydrogen) atoms. The van der Waals surface area contributed by atoms with Gasteiger partial charge in [-0.2, -0.15) is 9.40 Å². The van der Waals surface area contributed by atoms with Gasteiger partial charge in [-0.3, -0.25) is 4.79 Å². The minimum atomic E-state index is -3.67. The summed E-state index contributed by atoms with van der Waals surface area (Å²) in [4.78, 5) is 11.5. The average molecular weight is 334 g/mol. The zero-order valence-corrected chi connectivity index (χ0v) is 13.3. The summed E-state index contributed by atoms with van der Waals surface area (Å²) in [6, 6.07) is 9.27. The monoisotopic (exact) mass is 334 g/mol.